The molecular formula is C13H9FN2O4. The lowest BCUT2D eigenvalue weighted by Gasteiger charge is -2.10. The van der Waals surface area contributed by atoms with Gasteiger partial charge < -0.3 is 10.4 Å². The zero-order chi connectivity index (χ0) is 14.7. The second kappa shape index (κ2) is 5.35. The van der Waals surface area contributed by atoms with Gasteiger partial charge in [0.2, 0.25) is 0 Å². The number of nitrogens with zero attached hydrogens (tertiary/aromatic N) is 1. The summed E-state index contributed by atoms with van der Waals surface area (Å²) in [7, 11) is 0. The van der Waals surface area contributed by atoms with Crippen LogP contribution in [0.2, 0.25) is 0 Å². The van der Waals surface area contributed by atoms with Crippen LogP contribution >= 0.6 is 0 Å². The first-order valence-corrected chi connectivity index (χ1v) is 5.52. The number of rotatable bonds is 4. The van der Waals surface area contributed by atoms with Crippen molar-refractivity contribution in [3.8, 4) is 0 Å². The Labute approximate surface area is 112 Å². The van der Waals surface area contributed by atoms with Gasteiger partial charge in [-0.1, -0.05) is 12.1 Å². The summed E-state index contributed by atoms with van der Waals surface area (Å²) in [6.07, 6.45) is 0. The van der Waals surface area contributed by atoms with Crippen molar-refractivity contribution in [2.24, 2.45) is 0 Å². The molecule has 0 spiro atoms. The number of nitro groups is 1. The maximum absolute atomic E-state index is 13.1. The Morgan fingerprint density at radius 2 is 1.95 bits per heavy atom. The van der Waals surface area contributed by atoms with Gasteiger partial charge in [-0.15, -0.1) is 0 Å². The van der Waals surface area contributed by atoms with Gasteiger partial charge in [-0.2, -0.15) is 0 Å². The van der Waals surface area contributed by atoms with Gasteiger partial charge in [0.15, 0.2) is 0 Å². The molecule has 0 heterocycles. The van der Waals surface area contributed by atoms with Crippen LogP contribution in [0.4, 0.5) is 21.5 Å². The van der Waals surface area contributed by atoms with Crippen molar-refractivity contribution >= 4 is 23.0 Å². The van der Waals surface area contributed by atoms with Crippen molar-refractivity contribution < 1.29 is 19.2 Å². The molecule has 2 N–H and O–H groups in total. The van der Waals surface area contributed by atoms with E-state index < -0.39 is 22.4 Å². The molecule has 0 saturated carbocycles. The molecule has 0 amide bonds. The summed E-state index contributed by atoms with van der Waals surface area (Å²) in [6.45, 7) is 0. The lowest BCUT2D eigenvalue weighted by atomic mass is 10.1. The summed E-state index contributed by atoms with van der Waals surface area (Å²) < 4.78 is 13.1. The Balaban J connectivity index is 2.53. The van der Waals surface area contributed by atoms with Crippen molar-refractivity contribution in [3.05, 3.63) is 64.0 Å². The number of carbonyl (C=O) groups is 1. The quantitative estimate of drug-likeness (QED) is 0.660. The maximum Gasteiger partial charge on any atom is 0.338 e. The van der Waals surface area contributed by atoms with E-state index in [0.717, 1.165) is 6.07 Å². The zero-order valence-electron chi connectivity index (χ0n) is 10.0. The maximum atomic E-state index is 13.1. The van der Waals surface area contributed by atoms with Crippen LogP contribution in [0.5, 0.6) is 0 Å². The van der Waals surface area contributed by atoms with E-state index in [4.69, 9.17) is 5.11 Å². The molecule has 0 aliphatic heterocycles. The van der Waals surface area contributed by atoms with Crippen molar-refractivity contribution in [2.45, 2.75) is 0 Å². The molecule has 2 aromatic carbocycles. The van der Waals surface area contributed by atoms with Crippen molar-refractivity contribution in [3.63, 3.8) is 0 Å². The predicted molar refractivity (Wildman–Crippen MR) is 69.7 cm³/mol. The molecule has 7 heteroatoms. The minimum absolute atomic E-state index is 0.185. The third kappa shape index (κ3) is 2.72. The van der Waals surface area contributed by atoms with Crippen LogP contribution < -0.4 is 5.32 Å². The Hall–Kier alpha value is -2.96. The molecule has 6 nitrogen and oxygen atoms in total. The monoisotopic (exact) mass is 276 g/mol. The number of carboxylic acids is 1. The third-order valence-corrected chi connectivity index (χ3v) is 2.56. The molecule has 0 radical (unpaired) electrons. The highest BCUT2D eigenvalue weighted by Crippen LogP contribution is 2.31. The van der Waals surface area contributed by atoms with Crippen LogP contribution in [0.15, 0.2) is 42.5 Å². The summed E-state index contributed by atoms with van der Waals surface area (Å²) in [5, 5.41) is 22.6. The number of anilines is 2. The number of aromatic carboxylic acids is 1. The largest absolute Gasteiger partial charge is 0.478 e. The first-order chi connectivity index (χ1) is 9.49. The van der Waals surface area contributed by atoms with E-state index in [1.807, 2.05) is 0 Å². The molecule has 0 unspecified atom stereocenters. The summed E-state index contributed by atoms with van der Waals surface area (Å²) >= 11 is 0. The molecule has 0 aliphatic carbocycles. The summed E-state index contributed by atoms with van der Waals surface area (Å²) in [5.74, 6) is -1.85. The van der Waals surface area contributed by atoms with E-state index in [0.29, 0.717) is 0 Å². The standard InChI is InChI=1S/C13H9FN2O4/c14-8-3-1-4-9(7-8)15-12-10(13(17)18)5-2-6-11(12)16(19)20/h1-7,15H,(H,17,18). The highest BCUT2D eigenvalue weighted by atomic mass is 19.1. The van der Waals surface area contributed by atoms with E-state index in [1.165, 1.54) is 36.4 Å². The molecule has 2 rings (SSSR count). The average Bonchev–Trinajstić information content (AvgIpc) is 2.38. The fourth-order valence-corrected chi connectivity index (χ4v) is 1.71. The molecule has 102 valence electrons. The lowest BCUT2D eigenvalue weighted by Crippen LogP contribution is -2.05. The van der Waals surface area contributed by atoms with E-state index in [-0.39, 0.29) is 16.9 Å². The first kappa shape index (κ1) is 13.5. The molecule has 0 fully saturated rings. The first-order valence-electron chi connectivity index (χ1n) is 5.52. The van der Waals surface area contributed by atoms with Crippen LogP contribution in [0, 0.1) is 15.9 Å². The molecule has 0 saturated heterocycles. The Bertz CT molecular complexity index is 656. The van der Waals surface area contributed by atoms with Gasteiger partial charge in [0.25, 0.3) is 5.69 Å². The Morgan fingerprint density at radius 1 is 1.25 bits per heavy atom. The van der Waals surface area contributed by atoms with Gasteiger partial charge in [0, 0.05) is 11.8 Å². The van der Waals surface area contributed by atoms with Gasteiger partial charge >= 0.3 is 5.97 Å². The zero-order valence-corrected chi connectivity index (χ0v) is 10.0. The number of nitro benzene ring substituents is 1. The van der Waals surface area contributed by atoms with E-state index in [2.05, 4.69) is 5.32 Å². The Morgan fingerprint density at radius 3 is 2.55 bits per heavy atom. The van der Waals surface area contributed by atoms with E-state index >= 15 is 0 Å². The second-order valence-corrected chi connectivity index (χ2v) is 3.90. The van der Waals surface area contributed by atoms with Crippen LogP contribution in [-0.4, -0.2) is 16.0 Å². The number of hydrogen-bond acceptors (Lipinski definition) is 4. The summed E-state index contributed by atoms with van der Waals surface area (Å²) in [6, 6.07) is 8.90. The van der Waals surface area contributed by atoms with Crippen molar-refractivity contribution in [1.29, 1.82) is 0 Å². The minimum Gasteiger partial charge on any atom is -0.478 e. The molecule has 0 aromatic heterocycles. The third-order valence-electron chi connectivity index (χ3n) is 2.56. The van der Waals surface area contributed by atoms with E-state index in [1.54, 1.807) is 0 Å². The number of hydrogen-bond donors (Lipinski definition) is 2. The minimum atomic E-state index is -1.31. The van der Waals surface area contributed by atoms with Crippen LogP contribution in [-0.2, 0) is 0 Å². The fraction of sp³-hybridized carbons (Fsp3) is 0. The molecule has 0 aliphatic rings. The number of halogens is 1. The molecule has 0 bridgehead atoms. The van der Waals surface area contributed by atoms with Crippen molar-refractivity contribution in [2.75, 3.05) is 5.32 Å². The predicted octanol–water partition coefficient (Wildman–Crippen LogP) is 3.18. The summed E-state index contributed by atoms with van der Waals surface area (Å²) in [5.41, 5.74) is -0.616. The number of benzene rings is 2. The topological polar surface area (TPSA) is 92.5 Å². The highest BCUT2D eigenvalue weighted by molar-refractivity contribution is 5.98. The van der Waals surface area contributed by atoms with Crippen LogP contribution in [0.25, 0.3) is 0 Å². The lowest BCUT2D eigenvalue weighted by molar-refractivity contribution is -0.383. The highest BCUT2D eigenvalue weighted by Gasteiger charge is 2.21. The number of para-hydroxylation sites is 1. The summed E-state index contributed by atoms with van der Waals surface area (Å²) in [4.78, 5) is 21.4. The van der Waals surface area contributed by atoms with Gasteiger partial charge in [-0.25, -0.2) is 9.18 Å². The fourth-order valence-electron chi connectivity index (χ4n) is 1.71. The normalized spacial score (nSPS) is 10.1. The number of carboxylic acid groups (broad SMARTS) is 1. The van der Waals surface area contributed by atoms with E-state index in [9.17, 15) is 19.3 Å². The molecular weight excluding hydrogens is 267 g/mol. The number of nitrogens with one attached hydrogen (secondary N) is 1. The molecule has 2 aromatic rings. The molecule has 20 heavy (non-hydrogen) atoms. The van der Waals surface area contributed by atoms with Crippen molar-refractivity contribution in [1.82, 2.24) is 0 Å². The second-order valence-electron chi connectivity index (χ2n) is 3.90. The Kier molecular flexibility index (Phi) is 3.60. The van der Waals surface area contributed by atoms with Gasteiger partial charge in [-0.3, -0.25) is 10.1 Å². The smallest absolute Gasteiger partial charge is 0.338 e. The van der Waals surface area contributed by atoms with Crippen LogP contribution in [0.1, 0.15) is 10.4 Å². The van der Waals surface area contributed by atoms with Gasteiger partial charge in [0.1, 0.15) is 11.5 Å². The molecule has 0 atom stereocenters. The van der Waals surface area contributed by atoms with Gasteiger partial charge in [-0.05, 0) is 24.3 Å². The van der Waals surface area contributed by atoms with Crippen LogP contribution in [0.3, 0.4) is 0 Å². The average molecular weight is 276 g/mol. The van der Waals surface area contributed by atoms with Gasteiger partial charge in [0.05, 0.1) is 10.5 Å². The SMILES string of the molecule is O=C(O)c1cccc([N+](=O)[O-])c1Nc1cccc(F)c1.